The summed E-state index contributed by atoms with van der Waals surface area (Å²) in [7, 11) is 0. The number of halogens is 3. The van der Waals surface area contributed by atoms with E-state index in [0.717, 1.165) is 6.42 Å². The van der Waals surface area contributed by atoms with Crippen LogP contribution < -0.4 is 19.9 Å². The van der Waals surface area contributed by atoms with Crippen LogP contribution in [0.5, 0.6) is 5.75 Å². The lowest BCUT2D eigenvalue weighted by Crippen LogP contribution is -2.42. The molecule has 226 valence electrons. The van der Waals surface area contributed by atoms with Gasteiger partial charge in [0.1, 0.15) is 25.1 Å². The average molecular weight is 635 g/mol. The monoisotopic (exact) mass is 633 g/mol. The fraction of sp³-hybridized carbons (Fsp3) is 0.519. The number of benzene rings is 1. The molecule has 3 aliphatic rings. The number of nitrogens with zero attached hydrogens (tertiary/aromatic N) is 2. The molecule has 2 fully saturated rings. The minimum atomic E-state index is -0.517. The van der Waals surface area contributed by atoms with Crippen LogP contribution in [0.3, 0.4) is 0 Å². The summed E-state index contributed by atoms with van der Waals surface area (Å²) in [5.41, 5.74) is 1.28. The number of carbonyl (C=O) groups is 3. The zero-order chi connectivity index (χ0) is 29.8. The molecule has 1 aromatic carbocycles. The van der Waals surface area contributed by atoms with Crippen molar-refractivity contribution in [1.29, 1.82) is 0 Å². The van der Waals surface area contributed by atoms with Crippen LogP contribution in [0.15, 0.2) is 30.3 Å². The Labute approximate surface area is 252 Å². The normalized spacial score (nSPS) is 19.3. The number of nitrogens with one attached hydrogen (secondary N) is 1. The Morgan fingerprint density at radius 3 is 2.68 bits per heavy atom. The zero-order valence-electron chi connectivity index (χ0n) is 22.9. The van der Waals surface area contributed by atoms with Crippen molar-refractivity contribution in [3.8, 4) is 5.75 Å². The van der Waals surface area contributed by atoms with E-state index < -0.39 is 12.2 Å². The van der Waals surface area contributed by atoms with E-state index in [9.17, 15) is 18.8 Å². The third-order valence-corrected chi connectivity index (χ3v) is 7.44. The number of fused-ring (bicyclic) bond motifs is 3. The van der Waals surface area contributed by atoms with Gasteiger partial charge in [-0.05, 0) is 30.7 Å². The van der Waals surface area contributed by atoms with E-state index in [-0.39, 0.29) is 44.3 Å². The smallest absolute Gasteiger partial charge is 0.415 e. The second-order valence-corrected chi connectivity index (χ2v) is 10.6. The van der Waals surface area contributed by atoms with Gasteiger partial charge in [-0.1, -0.05) is 18.5 Å². The van der Waals surface area contributed by atoms with Crippen LogP contribution in [-0.2, 0) is 19.0 Å². The Kier molecular flexibility index (Phi) is 13.4. The van der Waals surface area contributed by atoms with Gasteiger partial charge in [0, 0.05) is 37.7 Å². The SMILES string of the molecule is CCCOCCF.CCl.O=C(NCC1OC(=O)N2c3ccc(N4CCOCC4=O)cc3OCCC12)c1ccc(Cl)s1. The van der Waals surface area contributed by atoms with E-state index in [2.05, 4.69) is 16.9 Å². The summed E-state index contributed by atoms with van der Waals surface area (Å²) in [4.78, 5) is 41.0. The van der Waals surface area contributed by atoms with E-state index in [1.165, 1.54) is 17.7 Å². The average Bonchev–Trinajstić information content (AvgIpc) is 3.49. The van der Waals surface area contributed by atoms with Gasteiger partial charge in [-0.2, -0.15) is 0 Å². The minimum absolute atomic E-state index is 0.0452. The molecular weight excluding hydrogens is 600 g/mol. The molecule has 0 aliphatic carbocycles. The highest BCUT2D eigenvalue weighted by Crippen LogP contribution is 2.40. The summed E-state index contributed by atoms with van der Waals surface area (Å²) in [5, 5.41) is 2.82. The summed E-state index contributed by atoms with van der Waals surface area (Å²) < 4.78 is 33.2. The highest BCUT2D eigenvalue weighted by atomic mass is 35.5. The van der Waals surface area contributed by atoms with Gasteiger partial charge in [0.2, 0.25) is 0 Å². The quantitative estimate of drug-likeness (QED) is 0.325. The number of cyclic esters (lactones) is 1. The van der Waals surface area contributed by atoms with Gasteiger partial charge in [-0.15, -0.1) is 22.9 Å². The Balaban J connectivity index is 0.000000452. The number of anilines is 2. The molecule has 1 aromatic heterocycles. The first-order chi connectivity index (χ1) is 19.9. The lowest BCUT2D eigenvalue weighted by molar-refractivity contribution is -0.125. The summed E-state index contributed by atoms with van der Waals surface area (Å²) in [6.45, 7) is 4.10. The number of morpholine rings is 1. The van der Waals surface area contributed by atoms with E-state index >= 15 is 0 Å². The first-order valence-electron chi connectivity index (χ1n) is 13.1. The van der Waals surface area contributed by atoms with Crippen molar-refractivity contribution in [1.82, 2.24) is 5.32 Å². The van der Waals surface area contributed by atoms with E-state index in [0.29, 0.717) is 59.1 Å². The predicted molar refractivity (Wildman–Crippen MR) is 157 cm³/mol. The summed E-state index contributed by atoms with van der Waals surface area (Å²) in [6.07, 6.45) is 1.98. The van der Waals surface area contributed by atoms with Crippen LogP contribution >= 0.6 is 34.5 Å². The third kappa shape index (κ3) is 8.68. The second-order valence-electron chi connectivity index (χ2n) is 8.86. The minimum Gasteiger partial charge on any atom is -0.491 e. The van der Waals surface area contributed by atoms with Crippen molar-refractivity contribution >= 4 is 63.8 Å². The van der Waals surface area contributed by atoms with Crippen molar-refractivity contribution in [2.24, 2.45) is 0 Å². The molecule has 3 amide bonds. The highest BCUT2D eigenvalue weighted by molar-refractivity contribution is 7.18. The molecule has 14 heteroatoms. The third-order valence-electron chi connectivity index (χ3n) is 6.21. The van der Waals surface area contributed by atoms with Crippen LogP contribution in [0.1, 0.15) is 29.4 Å². The lowest BCUT2D eigenvalue weighted by Gasteiger charge is -2.28. The van der Waals surface area contributed by atoms with E-state index in [1.807, 2.05) is 6.92 Å². The molecule has 0 saturated carbocycles. The predicted octanol–water partition coefficient (Wildman–Crippen LogP) is 4.91. The molecule has 2 unspecified atom stereocenters. The molecule has 2 atom stereocenters. The van der Waals surface area contributed by atoms with E-state index in [4.69, 9.17) is 30.5 Å². The molecule has 1 N–H and O–H groups in total. The molecule has 4 heterocycles. The van der Waals surface area contributed by atoms with Gasteiger partial charge in [0.05, 0.1) is 47.3 Å². The van der Waals surface area contributed by atoms with Gasteiger partial charge in [0.25, 0.3) is 11.8 Å². The Hall–Kier alpha value is -2.64. The highest BCUT2D eigenvalue weighted by Gasteiger charge is 2.45. The summed E-state index contributed by atoms with van der Waals surface area (Å²) >= 11 is 11.7. The van der Waals surface area contributed by atoms with Crippen molar-refractivity contribution in [2.75, 3.05) is 69.0 Å². The molecule has 5 rings (SSSR count). The van der Waals surface area contributed by atoms with Crippen molar-refractivity contribution in [2.45, 2.75) is 31.9 Å². The largest absolute Gasteiger partial charge is 0.491 e. The maximum atomic E-state index is 12.7. The number of ether oxygens (including phenoxy) is 4. The molecule has 2 saturated heterocycles. The first-order valence-corrected chi connectivity index (χ1v) is 15.1. The number of alkyl halides is 2. The molecule has 0 radical (unpaired) electrons. The fourth-order valence-electron chi connectivity index (χ4n) is 4.42. The van der Waals surface area contributed by atoms with E-state index in [1.54, 1.807) is 40.1 Å². The fourth-order valence-corrected chi connectivity index (χ4v) is 5.38. The van der Waals surface area contributed by atoms with Gasteiger partial charge >= 0.3 is 6.09 Å². The molecule has 3 aliphatic heterocycles. The van der Waals surface area contributed by atoms with Gasteiger partial charge < -0.3 is 29.2 Å². The number of hydrogen-bond acceptors (Lipinski definition) is 8. The number of hydrogen-bond donors (Lipinski definition) is 1. The Bertz CT molecular complexity index is 1170. The first kappa shape index (κ1) is 32.9. The summed E-state index contributed by atoms with van der Waals surface area (Å²) in [5.74, 6) is 0.131. The van der Waals surface area contributed by atoms with Crippen LogP contribution in [0.25, 0.3) is 0 Å². The molecule has 2 aromatic rings. The molecule has 0 spiro atoms. The van der Waals surface area contributed by atoms with Gasteiger partial charge in [0.15, 0.2) is 0 Å². The Morgan fingerprint density at radius 1 is 1.20 bits per heavy atom. The van der Waals surface area contributed by atoms with Crippen molar-refractivity contribution in [3.05, 3.63) is 39.5 Å². The maximum absolute atomic E-state index is 12.7. The summed E-state index contributed by atoms with van der Waals surface area (Å²) in [6, 6.07) is 8.35. The number of carbonyl (C=O) groups excluding carboxylic acids is 3. The topological polar surface area (TPSA) is 107 Å². The van der Waals surface area contributed by atoms with Crippen LogP contribution in [0.2, 0.25) is 4.34 Å². The lowest BCUT2D eigenvalue weighted by atomic mass is 10.1. The zero-order valence-corrected chi connectivity index (χ0v) is 25.2. The van der Waals surface area contributed by atoms with Crippen molar-refractivity contribution < 1.29 is 37.7 Å². The number of thiophene rings is 1. The standard InChI is InChI=1S/C21H20ClN3O6S.C5H11FO.CH3Cl/c22-18-4-3-17(32-18)20(27)23-10-16-14-5-7-30-15-9-12(24-6-8-29-11-19(24)26)1-2-13(15)25(14)21(28)31-16;1-2-4-7-5-3-6;1-2/h1-4,9,14,16H,5-8,10-11H2,(H,23,27);2-5H2,1H3;1H3. The van der Waals surface area contributed by atoms with Gasteiger partial charge in [-0.3, -0.25) is 14.5 Å². The number of rotatable bonds is 8. The second kappa shape index (κ2) is 16.7. The molecular formula is C27H34Cl2FN3O7S. The molecule has 41 heavy (non-hydrogen) atoms. The number of amides is 3. The maximum Gasteiger partial charge on any atom is 0.415 e. The molecule has 10 nitrogen and oxygen atoms in total. The van der Waals surface area contributed by atoms with Crippen molar-refractivity contribution in [3.63, 3.8) is 0 Å². The van der Waals surface area contributed by atoms with Gasteiger partial charge in [-0.25, -0.2) is 9.18 Å². The Morgan fingerprint density at radius 2 is 2.00 bits per heavy atom. The van der Waals surface area contributed by atoms with Crippen LogP contribution in [-0.4, -0.2) is 89.2 Å². The molecule has 0 bridgehead atoms. The van der Waals surface area contributed by atoms with Crippen LogP contribution in [0, 0.1) is 0 Å². The van der Waals surface area contributed by atoms with Crippen LogP contribution in [0.4, 0.5) is 20.6 Å².